The number of benzene rings is 2. The first-order chi connectivity index (χ1) is 14.5. The van der Waals surface area contributed by atoms with E-state index >= 15 is 0 Å². The molecule has 30 heavy (non-hydrogen) atoms. The first kappa shape index (κ1) is 21.8. The van der Waals surface area contributed by atoms with Gasteiger partial charge in [0, 0.05) is 11.6 Å². The summed E-state index contributed by atoms with van der Waals surface area (Å²) >= 11 is 0. The zero-order chi connectivity index (χ0) is 21.3. The van der Waals surface area contributed by atoms with E-state index in [9.17, 15) is 13.6 Å². The van der Waals surface area contributed by atoms with E-state index in [0.717, 1.165) is 19.6 Å². The number of hydrogen-bond donors (Lipinski definition) is 1. The zero-order valence-corrected chi connectivity index (χ0v) is 17.0. The van der Waals surface area contributed by atoms with Crippen LogP contribution in [0.5, 0.6) is 11.5 Å². The number of halogens is 2. The minimum Gasteiger partial charge on any atom is -0.490 e. The van der Waals surface area contributed by atoms with Crippen molar-refractivity contribution in [2.75, 3.05) is 32.8 Å². The molecule has 0 spiro atoms. The number of ether oxygens (including phenoxy) is 2. The highest BCUT2D eigenvalue weighted by molar-refractivity contribution is 5.91. The maximum Gasteiger partial charge on any atom is 0.387 e. The smallest absolute Gasteiger partial charge is 0.387 e. The molecule has 1 amide bonds. The van der Waals surface area contributed by atoms with Crippen LogP contribution in [0.1, 0.15) is 18.1 Å². The van der Waals surface area contributed by atoms with E-state index in [4.69, 9.17) is 4.74 Å². The predicted molar refractivity (Wildman–Crippen MR) is 111 cm³/mol. The fourth-order valence-corrected chi connectivity index (χ4v) is 3.47. The SMILES string of the molecule is CCOc1cc(/C=C/C(=O)N2CC[NH+](Cc3ccccc3)CC2)ccc1OC(F)F. The number of piperazine rings is 1. The van der Waals surface area contributed by atoms with Crippen LogP contribution in [-0.2, 0) is 11.3 Å². The van der Waals surface area contributed by atoms with E-state index < -0.39 is 6.61 Å². The van der Waals surface area contributed by atoms with Crippen LogP contribution in [0.4, 0.5) is 8.78 Å². The molecular formula is C23H27F2N2O3+. The van der Waals surface area contributed by atoms with Crippen molar-refractivity contribution in [1.29, 1.82) is 0 Å². The van der Waals surface area contributed by atoms with Gasteiger partial charge in [0.15, 0.2) is 11.5 Å². The first-order valence-electron chi connectivity index (χ1n) is 10.1. The molecule has 2 aromatic rings. The quantitative estimate of drug-likeness (QED) is 0.672. The number of hydrogen-bond acceptors (Lipinski definition) is 3. The normalized spacial score (nSPS) is 15.0. The molecule has 1 N–H and O–H groups in total. The van der Waals surface area contributed by atoms with E-state index in [-0.39, 0.29) is 17.4 Å². The van der Waals surface area contributed by atoms with Crippen molar-refractivity contribution in [2.24, 2.45) is 0 Å². The Bertz CT molecular complexity index is 851. The molecule has 0 aliphatic carbocycles. The average molecular weight is 417 g/mol. The van der Waals surface area contributed by atoms with Crippen molar-refractivity contribution in [3.8, 4) is 11.5 Å². The van der Waals surface area contributed by atoms with Crippen molar-refractivity contribution in [2.45, 2.75) is 20.1 Å². The molecule has 1 aliphatic heterocycles. The fourth-order valence-electron chi connectivity index (χ4n) is 3.47. The van der Waals surface area contributed by atoms with Gasteiger partial charge in [-0.1, -0.05) is 36.4 Å². The Balaban J connectivity index is 1.55. The largest absolute Gasteiger partial charge is 0.490 e. The molecule has 2 aromatic carbocycles. The molecule has 1 heterocycles. The number of nitrogens with zero attached hydrogens (tertiary/aromatic N) is 1. The second kappa shape index (κ2) is 10.7. The Morgan fingerprint density at radius 2 is 1.87 bits per heavy atom. The van der Waals surface area contributed by atoms with Gasteiger partial charge in [0.1, 0.15) is 6.54 Å². The van der Waals surface area contributed by atoms with Crippen LogP contribution in [0.25, 0.3) is 6.08 Å². The van der Waals surface area contributed by atoms with Crippen LogP contribution in [-0.4, -0.2) is 50.2 Å². The fraction of sp³-hybridized carbons (Fsp3) is 0.348. The van der Waals surface area contributed by atoms with Crippen molar-refractivity contribution in [1.82, 2.24) is 4.90 Å². The van der Waals surface area contributed by atoms with Crippen molar-refractivity contribution >= 4 is 12.0 Å². The number of nitrogens with one attached hydrogen (secondary N) is 1. The minimum absolute atomic E-state index is 0.0205. The molecule has 160 valence electrons. The number of carbonyl (C=O) groups excluding carboxylic acids is 1. The Labute approximate surface area is 175 Å². The molecule has 0 aromatic heterocycles. The Hall–Kier alpha value is -2.93. The molecule has 7 heteroatoms. The first-order valence-corrected chi connectivity index (χ1v) is 10.1. The molecule has 1 fully saturated rings. The summed E-state index contributed by atoms with van der Waals surface area (Å²) in [7, 11) is 0. The molecule has 0 radical (unpaired) electrons. The predicted octanol–water partition coefficient (Wildman–Crippen LogP) is 2.63. The lowest BCUT2D eigenvalue weighted by molar-refractivity contribution is -0.917. The summed E-state index contributed by atoms with van der Waals surface area (Å²) in [4.78, 5) is 15.8. The zero-order valence-electron chi connectivity index (χ0n) is 17.0. The number of quaternary nitrogens is 1. The Morgan fingerprint density at radius 3 is 2.53 bits per heavy atom. The third-order valence-corrected chi connectivity index (χ3v) is 4.98. The molecule has 1 aliphatic rings. The van der Waals surface area contributed by atoms with E-state index in [1.165, 1.54) is 22.6 Å². The number of carbonyl (C=O) groups is 1. The second-order valence-corrected chi connectivity index (χ2v) is 7.09. The van der Waals surface area contributed by atoms with Gasteiger partial charge < -0.3 is 19.3 Å². The second-order valence-electron chi connectivity index (χ2n) is 7.09. The van der Waals surface area contributed by atoms with Gasteiger partial charge in [-0.2, -0.15) is 8.78 Å². The number of alkyl halides is 2. The molecule has 0 saturated carbocycles. The summed E-state index contributed by atoms with van der Waals surface area (Å²) in [5.74, 6) is 0.151. The Morgan fingerprint density at radius 1 is 1.13 bits per heavy atom. The molecule has 5 nitrogen and oxygen atoms in total. The standard InChI is InChI=1S/C23H26F2N2O3/c1-2-29-21-16-18(8-10-20(21)30-23(24)25)9-11-22(28)27-14-12-26(13-15-27)17-19-6-4-3-5-7-19/h3-11,16,23H,2,12-15,17H2,1H3/p+1/b11-9+. The summed E-state index contributed by atoms with van der Waals surface area (Å²) in [6, 6.07) is 15.0. The van der Waals surface area contributed by atoms with Crippen molar-refractivity contribution in [3.63, 3.8) is 0 Å². The summed E-state index contributed by atoms with van der Waals surface area (Å²) in [6.45, 7) is 3.35. The van der Waals surface area contributed by atoms with Crippen LogP contribution in [0.3, 0.4) is 0 Å². The molecule has 0 atom stereocenters. The summed E-state index contributed by atoms with van der Waals surface area (Å²) in [5, 5.41) is 0. The molecule has 0 bridgehead atoms. The van der Waals surface area contributed by atoms with Crippen LogP contribution < -0.4 is 14.4 Å². The third-order valence-electron chi connectivity index (χ3n) is 4.98. The van der Waals surface area contributed by atoms with Crippen molar-refractivity contribution in [3.05, 3.63) is 65.7 Å². The summed E-state index contributed by atoms with van der Waals surface area (Å²) in [6.07, 6.45) is 3.18. The summed E-state index contributed by atoms with van der Waals surface area (Å²) in [5.41, 5.74) is 1.98. The molecule has 0 unspecified atom stereocenters. The van der Waals surface area contributed by atoms with E-state index in [2.05, 4.69) is 16.9 Å². The topological polar surface area (TPSA) is 43.2 Å². The van der Waals surface area contributed by atoms with Gasteiger partial charge in [0.25, 0.3) is 0 Å². The van der Waals surface area contributed by atoms with Gasteiger partial charge in [-0.15, -0.1) is 0 Å². The minimum atomic E-state index is -2.92. The number of amides is 1. The van der Waals surface area contributed by atoms with Gasteiger partial charge in [0.05, 0.1) is 32.8 Å². The van der Waals surface area contributed by atoms with Crippen LogP contribution in [0.2, 0.25) is 0 Å². The van der Waals surface area contributed by atoms with Gasteiger partial charge in [-0.05, 0) is 30.7 Å². The monoisotopic (exact) mass is 417 g/mol. The van der Waals surface area contributed by atoms with Gasteiger partial charge in [0.2, 0.25) is 5.91 Å². The van der Waals surface area contributed by atoms with E-state index in [0.29, 0.717) is 25.3 Å². The van der Waals surface area contributed by atoms with Crippen LogP contribution in [0.15, 0.2) is 54.6 Å². The van der Waals surface area contributed by atoms with Gasteiger partial charge in [-0.25, -0.2) is 0 Å². The lowest BCUT2D eigenvalue weighted by Gasteiger charge is -2.31. The molecule has 1 saturated heterocycles. The van der Waals surface area contributed by atoms with E-state index in [1.54, 1.807) is 25.1 Å². The molecular weight excluding hydrogens is 390 g/mol. The lowest BCUT2D eigenvalue weighted by Crippen LogP contribution is -3.13. The van der Waals surface area contributed by atoms with E-state index in [1.807, 2.05) is 23.1 Å². The maximum absolute atomic E-state index is 12.5. The highest BCUT2D eigenvalue weighted by atomic mass is 19.3. The Kier molecular flexibility index (Phi) is 7.79. The average Bonchev–Trinajstić information content (AvgIpc) is 2.75. The van der Waals surface area contributed by atoms with Crippen molar-refractivity contribution < 1.29 is 27.9 Å². The van der Waals surface area contributed by atoms with Crippen LogP contribution >= 0.6 is 0 Å². The third kappa shape index (κ3) is 6.29. The lowest BCUT2D eigenvalue weighted by atomic mass is 10.1. The van der Waals surface area contributed by atoms with Gasteiger partial charge in [-0.3, -0.25) is 4.79 Å². The summed E-state index contributed by atoms with van der Waals surface area (Å²) < 4.78 is 34.9. The number of rotatable bonds is 8. The highest BCUT2D eigenvalue weighted by Crippen LogP contribution is 2.30. The van der Waals surface area contributed by atoms with Gasteiger partial charge >= 0.3 is 6.61 Å². The maximum atomic E-state index is 12.5. The molecule has 3 rings (SSSR count). The van der Waals surface area contributed by atoms with Crippen LogP contribution in [0, 0.1) is 0 Å². The highest BCUT2D eigenvalue weighted by Gasteiger charge is 2.22.